The van der Waals surface area contributed by atoms with Crippen LogP contribution in [0.3, 0.4) is 0 Å². The largest absolute Gasteiger partial charge is 0.483 e. The minimum Gasteiger partial charge on any atom is -0.483 e. The SMILES string of the molecule is CC(=O)Oc1ccc2c3c1O[C@H]1[C@H](N(C)C(=O)Cc4ccc(Cl)c(Cl)c4)CC[C@@]4(OC(C)=O)[C@@H](C2)N(C)CC[C@]314. The number of hydrogen-bond acceptors (Lipinski definition) is 7. The molecule has 2 bridgehead atoms. The molecule has 2 aliphatic heterocycles. The van der Waals surface area contributed by atoms with Crippen LogP contribution in [0, 0.1) is 0 Å². The first-order valence-electron chi connectivity index (χ1n) is 13.6. The van der Waals surface area contributed by atoms with Crippen molar-refractivity contribution in [2.45, 2.75) is 75.2 Å². The van der Waals surface area contributed by atoms with E-state index in [1.807, 2.05) is 6.07 Å². The molecule has 0 aromatic heterocycles. The Bertz CT molecular complexity index is 1430. The molecule has 0 unspecified atom stereocenters. The molecule has 2 aromatic rings. The highest BCUT2D eigenvalue weighted by atomic mass is 35.5. The smallest absolute Gasteiger partial charge is 0.308 e. The Morgan fingerprint density at radius 1 is 1.10 bits per heavy atom. The average molecular weight is 588 g/mol. The lowest BCUT2D eigenvalue weighted by Gasteiger charge is -2.65. The monoisotopic (exact) mass is 586 g/mol. The summed E-state index contributed by atoms with van der Waals surface area (Å²) < 4.78 is 18.8. The fourth-order valence-electron chi connectivity index (χ4n) is 7.92. The predicted molar refractivity (Wildman–Crippen MR) is 149 cm³/mol. The molecule has 6 rings (SSSR count). The van der Waals surface area contributed by atoms with Crippen molar-refractivity contribution in [1.29, 1.82) is 0 Å². The first kappa shape index (κ1) is 27.4. The second-order valence-electron chi connectivity index (χ2n) is 11.5. The number of likely N-dealkylation sites (tertiary alicyclic amines) is 1. The van der Waals surface area contributed by atoms with Gasteiger partial charge < -0.3 is 19.1 Å². The molecule has 8 nitrogen and oxygen atoms in total. The Labute approximate surface area is 243 Å². The highest BCUT2D eigenvalue weighted by molar-refractivity contribution is 6.42. The number of esters is 2. The number of carbonyl (C=O) groups is 3. The van der Waals surface area contributed by atoms with E-state index >= 15 is 0 Å². The minimum absolute atomic E-state index is 0.0487. The number of likely N-dealkylation sites (N-methyl/N-ethyl adjacent to an activating group) is 2. The molecule has 0 radical (unpaired) electrons. The fraction of sp³-hybridized carbons (Fsp3) is 0.500. The zero-order valence-electron chi connectivity index (χ0n) is 23.0. The summed E-state index contributed by atoms with van der Waals surface area (Å²) in [7, 11) is 3.88. The van der Waals surface area contributed by atoms with Crippen molar-refractivity contribution in [2.75, 3.05) is 20.6 Å². The van der Waals surface area contributed by atoms with Crippen molar-refractivity contribution in [3.8, 4) is 11.5 Å². The molecule has 1 spiro atoms. The minimum atomic E-state index is -0.840. The van der Waals surface area contributed by atoms with Gasteiger partial charge in [-0.3, -0.25) is 19.3 Å². The number of benzene rings is 2. The lowest BCUT2D eigenvalue weighted by Crippen LogP contribution is -2.78. The van der Waals surface area contributed by atoms with E-state index in [2.05, 4.69) is 11.9 Å². The molecule has 2 heterocycles. The second kappa shape index (κ2) is 9.64. The number of ether oxygens (including phenoxy) is 3. The van der Waals surface area contributed by atoms with Gasteiger partial charge in [-0.05, 0) is 68.6 Å². The van der Waals surface area contributed by atoms with Crippen LogP contribution in [0.25, 0.3) is 0 Å². The molecule has 2 aromatic carbocycles. The second-order valence-corrected chi connectivity index (χ2v) is 12.3. The molecular weight excluding hydrogens is 555 g/mol. The van der Waals surface area contributed by atoms with Crippen molar-refractivity contribution in [3.63, 3.8) is 0 Å². The van der Waals surface area contributed by atoms with Crippen LogP contribution in [-0.4, -0.2) is 72.1 Å². The first-order chi connectivity index (χ1) is 19.0. The Morgan fingerprint density at radius 2 is 1.88 bits per heavy atom. The molecule has 2 aliphatic carbocycles. The van der Waals surface area contributed by atoms with Gasteiger partial charge in [0.2, 0.25) is 5.91 Å². The van der Waals surface area contributed by atoms with Crippen LogP contribution in [0.5, 0.6) is 11.5 Å². The zero-order chi connectivity index (χ0) is 28.6. The van der Waals surface area contributed by atoms with Crippen molar-refractivity contribution in [2.24, 2.45) is 0 Å². The summed E-state index contributed by atoms with van der Waals surface area (Å²) >= 11 is 12.3. The molecule has 1 saturated carbocycles. The molecule has 4 aliphatic rings. The van der Waals surface area contributed by atoms with Crippen LogP contribution < -0.4 is 9.47 Å². The maximum Gasteiger partial charge on any atom is 0.308 e. The van der Waals surface area contributed by atoms with Crippen LogP contribution in [0.1, 0.15) is 49.8 Å². The summed E-state index contributed by atoms with van der Waals surface area (Å²) in [6.07, 6.45) is 2.17. The normalized spacial score (nSPS) is 29.7. The van der Waals surface area contributed by atoms with E-state index in [9.17, 15) is 14.4 Å². The van der Waals surface area contributed by atoms with Crippen LogP contribution in [0.15, 0.2) is 30.3 Å². The Balaban J connectivity index is 1.45. The topological polar surface area (TPSA) is 85.4 Å². The van der Waals surface area contributed by atoms with E-state index in [1.54, 1.807) is 36.2 Å². The van der Waals surface area contributed by atoms with Crippen LogP contribution in [0.4, 0.5) is 0 Å². The molecular formula is C30H32Cl2N2O6. The Kier molecular flexibility index (Phi) is 6.59. The number of nitrogens with zero attached hydrogens (tertiary/aromatic N) is 2. The standard InChI is InChI=1S/C30H32Cl2N2O6/c1-16(35)38-23-8-6-19-15-24-30(40-17(2)36)10-9-22(28-29(30,11-12-33(24)3)26(19)27(23)39-28)34(4)25(37)14-18-5-7-20(31)21(32)13-18/h5-8,13,22,24,28H,9-12,14-15H2,1-4H3/t22-,24-,28+,29+,30-/m1/s1. The summed E-state index contributed by atoms with van der Waals surface area (Å²) in [6.45, 7) is 3.59. The number of halogens is 2. The van der Waals surface area contributed by atoms with E-state index in [1.165, 1.54) is 13.8 Å². The average Bonchev–Trinajstić information content (AvgIpc) is 3.24. The maximum absolute atomic E-state index is 13.7. The van der Waals surface area contributed by atoms with Gasteiger partial charge in [0.05, 0.1) is 34.0 Å². The number of hydrogen-bond donors (Lipinski definition) is 0. The lowest BCUT2D eigenvalue weighted by atomic mass is 9.48. The quantitative estimate of drug-likeness (QED) is 0.380. The van der Waals surface area contributed by atoms with Gasteiger partial charge in [-0.25, -0.2) is 0 Å². The highest BCUT2D eigenvalue weighted by Gasteiger charge is 2.75. The third kappa shape index (κ3) is 3.86. The third-order valence-corrected chi connectivity index (χ3v) is 10.2. The number of rotatable bonds is 5. The summed E-state index contributed by atoms with van der Waals surface area (Å²) in [4.78, 5) is 42.4. The number of carbonyl (C=O) groups excluding carboxylic acids is 3. The van der Waals surface area contributed by atoms with E-state index in [0.29, 0.717) is 47.2 Å². The van der Waals surface area contributed by atoms with Crippen molar-refractivity contribution < 1.29 is 28.6 Å². The number of piperidine rings is 1. The van der Waals surface area contributed by atoms with E-state index in [0.717, 1.165) is 23.2 Å². The van der Waals surface area contributed by atoms with Gasteiger partial charge in [0.1, 0.15) is 11.7 Å². The van der Waals surface area contributed by atoms with E-state index in [-0.39, 0.29) is 30.4 Å². The van der Waals surface area contributed by atoms with E-state index < -0.39 is 23.1 Å². The van der Waals surface area contributed by atoms with Crippen molar-refractivity contribution in [3.05, 3.63) is 57.1 Å². The zero-order valence-corrected chi connectivity index (χ0v) is 24.5. The van der Waals surface area contributed by atoms with Gasteiger partial charge >= 0.3 is 11.9 Å². The molecule has 1 saturated heterocycles. The number of amides is 1. The van der Waals surface area contributed by atoms with Gasteiger partial charge in [0, 0.05) is 26.5 Å². The van der Waals surface area contributed by atoms with Gasteiger partial charge in [0.25, 0.3) is 0 Å². The summed E-state index contributed by atoms with van der Waals surface area (Å²) in [5, 5.41) is 0.835. The van der Waals surface area contributed by atoms with Gasteiger partial charge in [-0.1, -0.05) is 35.3 Å². The molecule has 40 heavy (non-hydrogen) atoms. The Hall–Kier alpha value is -2.81. The van der Waals surface area contributed by atoms with Gasteiger partial charge in [-0.2, -0.15) is 0 Å². The lowest BCUT2D eigenvalue weighted by molar-refractivity contribution is -0.221. The highest BCUT2D eigenvalue weighted by Crippen LogP contribution is 2.67. The third-order valence-electron chi connectivity index (χ3n) is 9.45. The summed E-state index contributed by atoms with van der Waals surface area (Å²) in [5.41, 5.74) is 1.28. The molecule has 2 fully saturated rings. The summed E-state index contributed by atoms with van der Waals surface area (Å²) in [6, 6.07) is 8.63. The van der Waals surface area contributed by atoms with Crippen molar-refractivity contribution >= 4 is 41.0 Å². The molecule has 1 amide bonds. The van der Waals surface area contributed by atoms with E-state index in [4.69, 9.17) is 37.4 Å². The van der Waals surface area contributed by atoms with Crippen molar-refractivity contribution in [1.82, 2.24) is 9.80 Å². The van der Waals surface area contributed by atoms with Gasteiger partial charge in [-0.15, -0.1) is 0 Å². The van der Waals surface area contributed by atoms with Crippen LogP contribution in [-0.2, 0) is 37.4 Å². The molecule has 212 valence electrons. The summed E-state index contributed by atoms with van der Waals surface area (Å²) in [5.74, 6) is 0.0112. The maximum atomic E-state index is 13.7. The molecule has 5 atom stereocenters. The first-order valence-corrected chi connectivity index (χ1v) is 14.3. The molecule has 10 heteroatoms. The van der Waals surface area contributed by atoms with Crippen LogP contribution in [0.2, 0.25) is 10.0 Å². The Morgan fingerprint density at radius 3 is 2.58 bits per heavy atom. The predicted octanol–water partition coefficient (Wildman–Crippen LogP) is 4.34. The van der Waals surface area contributed by atoms with Crippen LogP contribution >= 0.6 is 23.2 Å². The molecule has 0 N–H and O–H groups in total. The fourth-order valence-corrected chi connectivity index (χ4v) is 8.24. The van der Waals surface area contributed by atoms with Gasteiger partial charge in [0.15, 0.2) is 11.5 Å².